The van der Waals surface area contributed by atoms with Crippen molar-refractivity contribution in [2.24, 2.45) is 0 Å². The lowest BCUT2D eigenvalue weighted by molar-refractivity contribution is -0.111. The van der Waals surface area contributed by atoms with E-state index in [0.717, 1.165) is 16.7 Å². The Morgan fingerprint density at radius 2 is 1.58 bits per heavy atom. The number of carbonyl (C=O) groups is 1. The van der Waals surface area contributed by atoms with E-state index in [-0.39, 0.29) is 5.91 Å². The summed E-state index contributed by atoms with van der Waals surface area (Å²) in [7, 11) is 1.60. The number of carbonyl (C=O) groups excluding carboxylic acids is 1. The maximum Gasteiger partial charge on any atom is 0.256 e. The van der Waals surface area contributed by atoms with E-state index in [9.17, 15) is 4.79 Å². The fourth-order valence-electron chi connectivity index (χ4n) is 2.72. The van der Waals surface area contributed by atoms with Crippen molar-refractivity contribution in [2.45, 2.75) is 6.92 Å². The predicted molar refractivity (Wildman–Crippen MR) is 107 cm³/mol. The fourth-order valence-corrected chi connectivity index (χ4v) is 2.72. The number of hydrogen-bond acceptors (Lipinski definition) is 2. The summed E-state index contributed by atoms with van der Waals surface area (Å²) < 4.78 is 5.37. The third-order valence-electron chi connectivity index (χ3n) is 4.04. The van der Waals surface area contributed by atoms with E-state index >= 15 is 0 Å². The van der Waals surface area contributed by atoms with E-state index < -0.39 is 0 Å². The van der Waals surface area contributed by atoms with Crippen LogP contribution in [-0.2, 0) is 4.79 Å². The highest BCUT2D eigenvalue weighted by Crippen LogP contribution is 2.27. The topological polar surface area (TPSA) is 38.3 Å². The van der Waals surface area contributed by atoms with Gasteiger partial charge < -0.3 is 10.1 Å². The molecule has 3 nitrogen and oxygen atoms in total. The molecule has 0 aliphatic rings. The Balaban J connectivity index is 1.99. The van der Waals surface area contributed by atoms with Crippen molar-refractivity contribution in [3.63, 3.8) is 0 Å². The molecule has 0 heterocycles. The first kappa shape index (κ1) is 17.5. The molecule has 0 bridgehead atoms. The Hall–Kier alpha value is -3.33. The molecule has 0 fully saturated rings. The highest BCUT2D eigenvalue weighted by Gasteiger charge is 2.14. The maximum atomic E-state index is 13.1. The van der Waals surface area contributed by atoms with Gasteiger partial charge in [-0.05, 0) is 41.8 Å². The lowest BCUT2D eigenvalue weighted by Crippen LogP contribution is -2.14. The SMILES string of the molecule is COc1ccc(C)cc1NC(=O)C(=Cc1ccccc1)c1ccccc1. The van der Waals surface area contributed by atoms with Crippen molar-refractivity contribution < 1.29 is 9.53 Å². The second-order valence-corrected chi connectivity index (χ2v) is 5.99. The van der Waals surface area contributed by atoms with Crippen LogP contribution in [0.25, 0.3) is 11.6 Å². The van der Waals surface area contributed by atoms with Crippen molar-refractivity contribution in [2.75, 3.05) is 12.4 Å². The summed E-state index contributed by atoms with van der Waals surface area (Å²) in [6, 6.07) is 25.2. The number of ether oxygens (including phenoxy) is 1. The number of methoxy groups -OCH3 is 1. The van der Waals surface area contributed by atoms with Gasteiger partial charge in [0.25, 0.3) is 5.91 Å². The molecular formula is C23H21NO2. The number of aryl methyl sites for hydroxylation is 1. The lowest BCUT2D eigenvalue weighted by atomic mass is 10.0. The third kappa shape index (κ3) is 4.19. The molecule has 26 heavy (non-hydrogen) atoms. The first-order valence-corrected chi connectivity index (χ1v) is 8.45. The zero-order valence-electron chi connectivity index (χ0n) is 14.9. The van der Waals surface area contributed by atoms with Crippen molar-refractivity contribution >= 4 is 23.2 Å². The van der Waals surface area contributed by atoms with Gasteiger partial charge in [-0.1, -0.05) is 66.7 Å². The van der Waals surface area contributed by atoms with Crippen molar-refractivity contribution in [3.8, 4) is 5.75 Å². The van der Waals surface area contributed by atoms with E-state index in [4.69, 9.17) is 4.74 Å². The van der Waals surface area contributed by atoms with Crippen LogP contribution in [0.1, 0.15) is 16.7 Å². The van der Waals surface area contributed by atoms with E-state index in [1.54, 1.807) is 7.11 Å². The third-order valence-corrected chi connectivity index (χ3v) is 4.04. The lowest BCUT2D eigenvalue weighted by Gasteiger charge is -2.13. The second kappa shape index (κ2) is 8.17. The maximum absolute atomic E-state index is 13.1. The van der Waals surface area contributed by atoms with Gasteiger partial charge in [0.15, 0.2) is 0 Å². The van der Waals surface area contributed by atoms with Crippen LogP contribution in [0.3, 0.4) is 0 Å². The number of rotatable bonds is 5. The molecule has 130 valence electrons. The van der Waals surface area contributed by atoms with Crippen LogP contribution in [-0.4, -0.2) is 13.0 Å². The largest absolute Gasteiger partial charge is 0.495 e. The minimum Gasteiger partial charge on any atom is -0.495 e. The van der Waals surface area contributed by atoms with E-state index in [2.05, 4.69) is 5.32 Å². The molecule has 0 aliphatic heterocycles. The van der Waals surface area contributed by atoms with Gasteiger partial charge in [-0.25, -0.2) is 0 Å². The van der Waals surface area contributed by atoms with Gasteiger partial charge in [-0.3, -0.25) is 4.79 Å². The normalized spacial score (nSPS) is 11.1. The Morgan fingerprint density at radius 3 is 2.23 bits per heavy atom. The summed E-state index contributed by atoms with van der Waals surface area (Å²) in [5, 5.41) is 2.99. The monoisotopic (exact) mass is 343 g/mol. The summed E-state index contributed by atoms with van der Waals surface area (Å²) in [5.41, 5.74) is 4.14. The smallest absolute Gasteiger partial charge is 0.256 e. The molecule has 0 saturated carbocycles. The first-order chi connectivity index (χ1) is 12.7. The molecule has 3 rings (SSSR count). The molecule has 0 radical (unpaired) electrons. The summed E-state index contributed by atoms with van der Waals surface area (Å²) in [6.07, 6.45) is 1.90. The number of nitrogens with one attached hydrogen (secondary N) is 1. The highest BCUT2D eigenvalue weighted by molar-refractivity contribution is 6.29. The Kier molecular flexibility index (Phi) is 5.49. The molecular weight excluding hydrogens is 322 g/mol. The zero-order chi connectivity index (χ0) is 18.4. The van der Waals surface area contributed by atoms with Crippen LogP contribution in [0.15, 0.2) is 78.9 Å². The summed E-state index contributed by atoms with van der Waals surface area (Å²) in [5.74, 6) is 0.458. The van der Waals surface area contributed by atoms with E-state index in [1.807, 2.05) is 91.9 Å². The molecule has 3 aromatic rings. The van der Waals surface area contributed by atoms with Crippen LogP contribution in [0.4, 0.5) is 5.69 Å². The van der Waals surface area contributed by atoms with Crippen LogP contribution in [0.5, 0.6) is 5.75 Å². The van der Waals surface area contributed by atoms with Gasteiger partial charge in [0.1, 0.15) is 5.75 Å². The molecule has 0 spiro atoms. The van der Waals surface area contributed by atoms with Gasteiger partial charge in [0.2, 0.25) is 0 Å². The Bertz CT molecular complexity index is 915. The number of anilines is 1. The fraction of sp³-hybridized carbons (Fsp3) is 0.0870. The van der Waals surface area contributed by atoms with E-state index in [1.165, 1.54) is 0 Å². The zero-order valence-corrected chi connectivity index (χ0v) is 14.9. The van der Waals surface area contributed by atoms with Gasteiger partial charge in [-0.15, -0.1) is 0 Å². The molecule has 0 aromatic heterocycles. The number of hydrogen-bond donors (Lipinski definition) is 1. The van der Waals surface area contributed by atoms with Gasteiger partial charge in [-0.2, -0.15) is 0 Å². The minimum atomic E-state index is -0.177. The molecule has 0 aliphatic carbocycles. The molecule has 0 saturated heterocycles. The van der Waals surface area contributed by atoms with Crippen LogP contribution in [0.2, 0.25) is 0 Å². The minimum absolute atomic E-state index is 0.177. The van der Waals surface area contributed by atoms with Gasteiger partial charge >= 0.3 is 0 Å². The molecule has 3 heteroatoms. The number of benzene rings is 3. The Morgan fingerprint density at radius 1 is 0.923 bits per heavy atom. The summed E-state index contributed by atoms with van der Waals surface area (Å²) in [4.78, 5) is 13.1. The van der Waals surface area contributed by atoms with Crippen molar-refractivity contribution in [3.05, 3.63) is 95.6 Å². The average Bonchev–Trinajstić information content (AvgIpc) is 2.68. The van der Waals surface area contributed by atoms with Crippen LogP contribution < -0.4 is 10.1 Å². The standard InChI is InChI=1S/C23H21NO2/c1-17-13-14-22(26-2)21(15-17)24-23(25)20(19-11-7-4-8-12-19)16-18-9-5-3-6-10-18/h3-16H,1-2H3,(H,24,25). The first-order valence-electron chi connectivity index (χ1n) is 8.45. The molecule has 0 atom stereocenters. The molecule has 1 amide bonds. The summed E-state index contributed by atoms with van der Waals surface area (Å²) in [6.45, 7) is 1.98. The van der Waals surface area contributed by atoms with Crippen molar-refractivity contribution in [1.82, 2.24) is 0 Å². The molecule has 3 aromatic carbocycles. The Labute approximate surface area is 154 Å². The quantitative estimate of drug-likeness (QED) is 0.512. The van der Waals surface area contributed by atoms with Crippen LogP contribution in [0, 0.1) is 6.92 Å². The predicted octanol–water partition coefficient (Wildman–Crippen LogP) is 5.18. The van der Waals surface area contributed by atoms with E-state index in [0.29, 0.717) is 17.0 Å². The number of amides is 1. The second-order valence-electron chi connectivity index (χ2n) is 5.99. The highest BCUT2D eigenvalue weighted by atomic mass is 16.5. The summed E-state index contributed by atoms with van der Waals surface area (Å²) >= 11 is 0. The van der Waals surface area contributed by atoms with Crippen molar-refractivity contribution in [1.29, 1.82) is 0 Å². The molecule has 1 N–H and O–H groups in total. The van der Waals surface area contributed by atoms with Crippen LogP contribution >= 0.6 is 0 Å². The molecule has 0 unspecified atom stereocenters. The van der Waals surface area contributed by atoms with Gasteiger partial charge in [0.05, 0.1) is 12.8 Å². The average molecular weight is 343 g/mol. The van der Waals surface area contributed by atoms with Gasteiger partial charge in [0, 0.05) is 5.57 Å².